The number of allylic oxidation sites excluding steroid dienone is 3. The predicted molar refractivity (Wildman–Crippen MR) is 173 cm³/mol. The van der Waals surface area contributed by atoms with E-state index < -0.39 is 29.5 Å². The van der Waals surface area contributed by atoms with Gasteiger partial charge in [0.15, 0.2) is 0 Å². The number of alkyl halides is 3. The van der Waals surface area contributed by atoms with Crippen LogP contribution < -0.4 is 0 Å². The van der Waals surface area contributed by atoms with Crippen LogP contribution in [0.5, 0.6) is 5.75 Å². The molecule has 0 spiro atoms. The van der Waals surface area contributed by atoms with E-state index in [9.17, 15) is 28.2 Å². The summed E-state index contributed by atoms with van der Waals surface area (Å²) in [6, 6.07) is 5.33. The number of hydrogen-bond acceptors (Lipinski definition) is 5. The Hall–Kier alpha value is -3.53. The van der Waals surface area contributed by atoms with E-state index in [1.165, 1.54) is 12.5 Å². The number of phenolic OH excluding ortho intramolecular Hbond substituents is 1. The maximum Gasteiger partial charge on any atom is 0.419 e. The number of fused-ring (bicyclic) bond motifs is 1. The summed E-state index contributed by atoms with van der Waals surface area (Å²) in [5, 5.41) is 26.8. The molecule has 0 saturated heterocycles. The van der Waals surface area contributed by atoms with E-state index in [1.807, 2.05) is 19.1 Å². The van der Waals surface area contributed by atoms with Crippen LogP contribution in [0.1, 0.15) is 120 Å². The Bertz CT molecular complexity index is 1490. The molecule has 0 radical (unpaired) electrons. The summed E-state index contributed by atoms with van der Waals surface area (Å²) in [6.07, 6.45) is 4.16. The molecule has 7 nitrogen and oxygen atoms in total. The topological polar surface area (TPSA) is 87.8 Å². The monoisotopic (exact) mass is 643 g/mol. The van der Waals surface area contributed by atoms with Gasteiger partial charge < -0.3 is 19.8 Å². The van der Waals surface area contributed by atoms with Gasteiger partial charge in [-0.25, -0.2) is 4.68 Å². The third-order valence-corrected chi connectivity index (χ3v) is 9.54. The molecule has 46 heavy (non-hydrogen) atoms. The normalized spacial score (nSPS) is 19.5. The number of amides is 1. The molecule has 252 valence electrons. The Morgan fingerprint density at radius 1 is 1.22 bits per heavy atom. The van der Waals surface area contributed by atoms with Crippen molar-refractivity contribution < 1.29 is 32.9 Å². The van der Waals surface area contributed by atoms with Crippen molar-refractivity contribution in [2.24, 2.45) is 5.92 Å². The summed E-state index contributed by atoms with van der Waals surface area (Å²) in [6.45, 7) is 9.61. The molecule has 1 aliphatic heterocycles. The first kappa shape index (κ1) is 35.3. The highest BCUT2D eigenvalue weighted by Crippen LogP contribution is 2.43. The minimum atomic E-state index is -4.76. The largest absolute Gasteiger partial charge is 0.507 e. The minimum Gasteiger partial charge on any atom is -0.507 e. The zero-order valence-corrected chi connectivity index (χ0v) is 27.8. The van der Waals surface area contributed by atoms with Crippen LogP contribution in [0.4, 0.5) is 13.2 Å². The average Bonchev–Trinajstić information content (AvgIpc) is 3.38. The molecule has 1 saturated carbocycles. The van der Waals surface area contributed by atoms with Crippen molar-refractivity contribution >= 4 is 5.91 Å². The molecule has 1 aliphatic carbocycles. The van der Waals surface area contributed by atoms with Crippen LogP contribution in [-0.4, -0.2) is 50.6 Å². The highest BCUT2D eigenvalue weighted by molar-refractivity contribution is 5.96. The van der Waals surface area contributed by atoms with Crippen LogP contribution in [0.15, 0.2) is 53.3 Å². The van der Waals surface area contributed by atoms with Gasteiger partial charge in [-0.3, -0.25) is 4.79 Å². The molecule has 2 N–H and O–H groups in total. The fourth-order valence-corrected chi connectivity index (χ4v) is 6.53. The number of benzene rings is 1. The summed E-state index contributed by atoms with van der Waals surface area (Å²) in [7, 11) is 1.64. The van der Waals surface area contributed by atoms with Crippen molar-refractivity contribution in [1.29, 1.82) is 0 Å². The second-order valence-corrected chi connectivity index (χ2v) is 12.5. The minimum absolute atomic E-state index is 0.0354. The zero-order valence-electron chi connectivity index (χ0n) is 27.8. The van der Waals surface area contributed by atoms with Crippen molar-refractivity contribution in [2.45, 2.75) is 110 Å². The van der Waals surface area contributed by atoms with Gasteiger partial charge in [-0.05, 0) is 74.6 Å². The molecular formula is C36H48F3N3O4. The first-order valence-electron chi connectivity index (χ1n) is 16.5. The van der Waals surface area contributed by atoms with Gasteiger partial charge in [0.1, 0.15) is 23.3 Å². The number of aromatic hydroxyl groups is 1. The first-order valence-corrected chi connectivity index (χ1v) is 16.5. The Balaban J connectivity index is 1.80. The summed E-state index contributed by atoms with van der Waals surface area (Å²) >= 11 is 0. The fraction of sp³-hybridized carbons (Fsp3) is 0.556. The number of aliphatic hydroxyl groups excluding tert-OH is 1. The van der Waals surface area contributed by atoms with Gasteiger partial charge in [0.05, 0.1) is 23.0 Å². The molecule has 1 aromatic carbocycles. The molecule has 2 aliphatic rings. The molecular weight excluding hydrogens is 595 g/mol. The number of aliphatic hydroxyl groups is 1. The Labute approximate surface area is 270 Å². The van der Waals surface area contributed by atoms with E-state index in [4.69, 9.17) is 9.84 Å². The lowest BCUT2D eigenvalue weighted by Gasteiger charge is -2.37. The first-order chi connectivity index (χ1) is 21.9. The van der Waals surface area contributed by atoms with Crippen LogP contribution in [0.25, 0.3) is 5.69 Å². The number of rotatable bonds is 12. The summed E-state index contributed by atoms with van der Waals surface area (Å²) in [5.74, 6) is -0.542. The SMILES string of the molecule is C\C=C(/C=C(O)\C(=C\CC)C(F)(F)F)C(=O)N1CCc2c(c(C(CC(C)CC)OC)nn2-c2ccc(C3CCC3)cc2O)C1CC. The van der Waals surface area contributed by atoms with Crippen molar-refractivity contribution in [2.75, 3.05) is 13.7 Å². The molecule has 4 rings (SSSR count). The summed E-state index contributed by atoms with van der Waals surface area (Å²) in [4.78, 5) is 15.7. The molecule has 1 fully saturated rings. The van der Waals surface area contributed by atoms with E-state index in [0.717, 1.165) is 48.2 Å². The highest BCUT2D eigenvalue weighted by atomic mass is 19.4. The fourth-order valence-electron chi connectivity index (χ4n) is 6.53. The van der Waals surface area contributed by atoms with E-state index in [1.54, 1.807) is 30.5 Å². The molecule has 0 bridgehead atoms. The molecule has 1 amide bonds. The van der Waals surface area contributed by atoms with Gasteiger partial charge in [-0.15, -0.1) is 0 Å². The van der Waals surface area contributed by atoms with E-state index >= 15 is 0 Å². The van der Waals surface area contributed by atoms with E-state index in [2.05, 4.69) is 19.9 Å². The quantitative estimate of drug-likeness (QED) is 0.137. The average molecular weight is 644 g/mol. The predicted octanol–water partition coefficient (Wildman–Crippen LogP) is 9.09. The molecule has 3 unspecified atom stereocenters. The number of methoxy groups -OCH3 is 1. The van der Waals surface area contributed by atoms with Crippen molar-refractivity contribution in [3.63, 3.8) is 0 Å². The van der Waals surface area contributed by atoms with Crippen LogP contribution in [0.2, 0.25) is 0 Å². The van der Waals surface area contributed by atoms with Crippen molar-refractivity contribution in [1.82, 2.24) is 14.7 Å². The lowest BCUT2D eigenvalue weighted by atomic mass is 9.80. The van der Waals surface area contributed by atoms with Crippen molar-refractivity contribution in [3.8, 4) is 11.4 Å². The second-order valence-electron chi connectivity index (χ2n) is 12.5. The van der Waals surface area contributed by atoms with Gasteiger partial charge in [-0.1, -0.05) is 58.8 Å². The Morgan fingerprint density at radius 3 is 2.46 bits per heavy atom. The zero-order chi connectivity index (χ0) is 33.8. The van der Waals surface area contributed by atoms with E-state index in [0.29, 0.717) is 42.5 Å². The maximum atomic E-state index is 14.0. The number of halogens is 3. The van der Waals surface area contributed by atoms with Crippen LogP contribution >= 0.6 is 0 Å². The summed E-state index contributed by atoms with van der Waals surface area (Å²) in [5.41, 5.74) is 2.86. The number of aromatic nitrogens is 2. The van der Waals surface area contributed by atoms with Gasteiger partial charge in [0.25, 0.3) is 5.91 Å². The van der Waals surface area contributed by atoms with Gasteiger partial charge in [-0.2, -0.15) is 18.3 Å². The molecule has 2 heterocycles. The smallest absolute Gasteiger partial charge is 0.419 e. The number of nitrogens with zero attached hydrogens (tertiary/aromatic N) is 3. The second kappa shape index (κ2) is 14.9. The summed E-state index contributed by atoms with van der Waals surface area (Å²) < 4.78 is 48.7. The standard InChI is InChI=1S/C36H48F3N3O4/c1-7-12-26(36(37,38)39)30(43)20-23(9-3)35(45)41-18-17-29-33(27(41)10-4)34(32(46-6)19-22(5)8-2)40-42(29)28-16-15-25(21-31(28)44)24-13-11-14-24/h9,12,15-16,20-22,24,27,32,43-44H,7-8,10-11,13-14,17-19H2,1-6H3/b23-9+,26-12-,30-20+. The van der Waals surface area contributed by atoms with Gasteiger partial charge in [0.2, 0.25) is 0 Å². The number of carbonyl (C=O) groups is 1. The molecule has 3 atom stereocenters. The van der Waals surface area contributed by atoms with Crippen LogP contribution in [0.3, 0.4) is 0 Å². The lowest BCUT2D eigenvalue weighted by molar-refractivity contribution is -0.129. The van der Waals surface area contributed by atoms with Crippen LogP contribution in [-0.2, 0) is 16.0 Å². The molecule has 1 aromatic heterocycles. The van der Waals surface area contributed by atoms with Gasteiger partial charge in [0, 0.05) is 31.2 Å². The molecule has 2 aromatic rings. The van der Waals surface area contributed by atoms with Crippen molar-refractivity contribution in [3.05, 3.63) is 75.8 Å². The number of hydrogen-bond donors (Lipinski definition) is 2. The lowest BCUT2D eigenvalue weighted by Crippen LogP contribution is -2.41. The number of carbonyl (C=O) groups excluding carboxylic acids is 1. The highest BCUT2D eigenvalue weighted by Gasteiger charge is 2.40. The van der Waals surface area contributed by atoms with E-state index in [-0.39, 0.29) is 30.4 Å². The third kappa shape index (κ3) is 7.22. The van der Waals surface area contributed by atoms with Crippen LogP contribution in [0, 0.1) is 5.92 Å². The number of ether oxygens (including phenoxy) is 1. The maximum absolute atomic E-state index is 14.0. The Kier molecular flexibility index (Phi) is 11.5. The number of phenols is 1. The Morgan fingerprint density at radius 2 is 1.93 bits per heavy atom. The molecule has 10 heteroatoms. The van der Waals surface area contributed by atoms with Gasteiger partial charge >= 0.3 is 6.18 Å². The third-order valence-electron chi connectivity index (χ3n) is 9.54.